The Hall–Kier alpha value is -1.90. The van der Waals surface area contributed by atoms with Crippen LogP contribution < -0.4 is 4.74 Å². The molecule has 0 radical (unpaired) electrons. The fraction of sp³-hybridized carbons (Fsp3) is 0.333. The van der Waals surface area contributed by atoms with E-state index in [1.165, 1.54) is 18.9 Å². The topological polar surface area (TPSA) is 9.23 Å². The molecule has 0 unspecified atom stereocenters. The molecule has 1 aliphatic carbocycles. The number of halogens is 2. The minimum Gasteiger partial charge on any atom is -0.490 e. The Morgan fingerprint density at radius 1 is 0.952 bits per heavy atom. The number of hydrogen-bond donors (Lipinski definition) is 0. The lowest BCUT2D eigenvalue weighted by Gasteiger charge is -2.17. The van der Waals surface area contributed by atoms with Gasteiger partial charge in [0.2, 0.25) is 0 Å². The first-order chi connectivity index (χ1) is 10.1. The third-order valence-corrected chi connectivity index (χ3v) is 3.96. The van der Waals surface area contributed by atoms with Crippen LogP contribution in [0.5, 0.6) is 5.75 Å². The van der Waals surface area contributed by atoms with E-state index in [-0.39, 0.29) is 6.10 Å². The number of benzene rings is 2. The van der Waals surface area contributed by atoms with E-state index in [1.807, 2.05) is 25.1 Å². The maximum absolute atomic E-state index is 13.5. The van der Waals surface area contributed by atoms with E-state index in [4.69, 9.17) is 4.74 Å². The van der Waals surface area contributed by atoms with Crippen LogP contribution >= 0.6 is 0 Å². The summed E-state index contributed by atoms with van der Waals surface area (Å²) in [7, 11) is 0. The fourth-order valence-electron chi connectivity index (χ4n) is 2.81. The Bertz CT molecular complexity index is 646. The first-order valence-corrected chi connectivity index (χ1v) is 7.36. The maximum Gasteiger partial charge on any atom is 0.159 e. The third kappa shape index (κ3) is 3.07. The van der Waals surface area contributed by atoms with E-state index < -0.39 is 11.6 Å². The predicted molar refractivity (Wildman–Crippen MR) is 79.4 cm³/mol. The number of aryl methyl sites for hydroxylation is 1. The van der Waals surface area contributed by atoms with Gasteiger partial charge in [-0.15, -0.1) is 0 Å². The minimum atomic E-state index is -0.833. The van der Waals surface area contributed by atoms with Crippen molar-refractivity contribution >= 4 is 0 Å². The molecule has 1 aliphatic rings. The monoisotopic (exact) mass is 288 g/mol. The Labute approximate surface area is 123 Å². The van der Waals surface area contributed by atoms with Crippen molar-refractivity contribution in [3.8, 4) is 16.9 Å². The summed E-state index contributed by atoms with van der Waals surface area (Å²) in [5.74, 6) is -0.906. The standard InChI is InChI=1S/C18H18F2O/c1-12-6-8-15(13-7-9-16(19)17(20)11-13)18(10-12)21-14-4-2-3-5-14/h6-11,14H,2-5H2,1H3. The molecule has 110 valence electrons. The molecule has 0 saturated heterocycles. The second kappa shape index (κ2) is 5.84. The normalized spacial score (nSPS) is 15.4. The smallest absolute Gasteiger partial charge is 0.159 e. The average molecular weight is 288 g/mol. The molecule has 0 aromatic heterocycles. The molecule has 1 nitrogen and oxygen atoms in total. The van der Waals surface area contributed by atoms with E-state index in [2.05, 4.69) is 0 Å². The first kappa shape index (κ1) is 14.1. The quantitative estimate of drug-likeness (QED) is 0.748. The van der Waals surface area contributed by atoms with Gasteiger partial charge in [0.05, 0.1) is 6.10 Å². The van der Waals surface area contributed by atoms with Gasteiger partial charge in [0, 0.05) is 5.56 Å². The van der Waals surface area contributed by atoms with Gasteiger partial charge in [0.25, 0.3) is 0 Å². The molecule has 1 saturated carbocycles. The van der Waals surface area contributed by atoms with Gasteiger partial charge in [-0.3, -0.25) is 0 Å². The molecule has 3 rings (SSSR count). The van der Waals surface area contributed by atoms with E-state index in [0.29, 0.717) is 5.56 Å². The Balaban J connectivity index is 1.98. The van der Waals surface area contributed by atoms with Crippen LogP contribution in [0.3, 0.4) is 0 Å². The van der Waals surface area contributed by atoms with Gasteiger partial charge in [-0.1, -0.05) is 18.2 Å². The highest BCUT2D eigenvalue weighted by molar-refractivity contribution is 5.71. The summed E-state index contributed by atoms with van der Waals surface area (Å²) in [6.45, 7) is 2.00. The lowest BCUT2D eigenvalue weighted by molar-refractivity contribution is 0.211. The van der Waals surface area contributed by atoms with Crippen molar-refractivity contribution in [1.29, 1.82) is 0 Å². The lowest BCUT2D eigenvalue weighted by atomic mass is 10.0. The van der Waals surface area contributed by atoms with Crippen LogP contribution in [0.4, 0.5) is 8.78 Å². The summed E-state index contributed by atoms with van der Waals surface area (Å²) in [6.07, 6.45) is 4.74. The molecule has 0 heterocycles. The third-order valence-electron chi connectivity index (χ3n) is 3.96. The van der Waals surface area contributed by atoms with Crippen molar-refractivity contribution in [2.75, 3.05) is 0 Å². The molecule has 0 atom stereocenters. The van der Waals surface area contributed by atoms with Gasteiger partial charge >= 0.3 is 0 Å². The molecular formula is C18H18F2O. The van der Waals surface area contributed by atoms with E-state index >= 15 is 0 Å². The van der Waals surface area contributed by atoms with Crippen LogP contribution in [0.2, 0.25) is 0 Å². The van der Waals surface area contributed by atoms with Crippen LogP contribution in [0.15, 0.2) is 36.4 Å². The molecule has 0 spiro atoms. The lowest BCUT2D eigenvalue weighted by Crippen LogP contribution is -2.11. The summed E-state index contributed by atoms with van der Waals surface area (Å²) in [6, 6.07) is 9.80. The molecule has 1 fully saturated rings. The van der Waals surface area contributed by atoms with Crippen molar-refractivity contribution in [1.82, 2.24) is 0 Å². The summed E-state index contributed by atoms with van der Waals surface area (Å²) in [4.78, 5) is 0. The molecule has 3 heteroatoms. The van der Waals surface area contributed by atoms with E-state index in [1.54, 1.807) is 6.07 Å². The molecule has 0 N–H and O–H groups in total. The molecular weight excluding hydrogens is 270 g/mol. The Morgan fingerprint density at radius 2 is 1.71 bits per heavy atom. The fourth-order valence-corrected chi connectivity index (χ4v) is 2.81. The van der Waals surface area contributed by atoms with Gasteiger partial charge in [-0.05, 0) is 61.9 Å². The molecule has 0 amide bonds. The maximum atomic E-state index is 13.5. The SMILES string of the molecule is Cc1ccc(-c2ccc(F)c(F)c2)c(OC2CCCC2)c1. The second-order valence-corrected chi connectivity index (χ2v) is 5.65. The summed E-state index contributed by atoms with van der Waals surface area (Å²) in [5, 5.41) is 0. The van der Waals surface area contributed by atoms with E-state index in [0.717, 1.165) is 35.8 Å². The molecule has 2 aromatic carbocycles. The summed E-state index contributed by atoms with van der Waals surface area (Å²) >= 11 is 0. The highest BCUT2D eigenvalue weighted by atomic mass is 19.2. The summed E-state index contributed by atoms with van der Waals surface area (Å²) < 4.78 is 32.7. The molecule has 2 aromatic rings. The number of ether oxygens (including phenoxy) is 1. The number of hydrogen-bond acceptors (Lipinski definition) is 1. The van der Waals surface area contributed by atoms with Crippen LogP contribution in [0.25, 0.3) is 11.1 Å². The highest BCUT2D eigenvalue weighted by Crippen LogP contribution is 2.34. The Morgan fingerprint density at radius 3 is 2.43 bits per heavy atom. The minimum absolute atomic E-state index is 0.232. The summed E-state index contributed by atoms with van der Waals surface area (Å²) in [5.41, 5.74) is 2.54. The van der Waals surface area contributed by atoms with Gasteiger partial charge in [0.1, 0.15) is 5.75 Å². The van der Waals surface area contributed by atoms with Crippen LogP contribution in [-0.4, -0.2) is 6.10 Å². The molecule has 0 bridgehead atoms. The van der Waals surface area contributed by atoms with Gasteiger partial charge in [-0.25, -0.2) is 8.78 Å². The van der Waals surface area contributed by atoms with Gasteiger partial charge in [0.15, 0.2) is 11.6 Å². The zero-order chi connectivity index (χ0) is 14.8. The largest absolute Gasteiger partial charge is 0.490 e. The zero-order valence-corrected chi connectivity index (χ0v) is 12.0. The van der Waals surface area contributed by atoms with Crippen LogP contribution in [0.1, 0.15) is 31.2 Å². The van der Waals surface area contributed by atoms with E-state index in [9.17, 15) is 8.78 Å². The average Bonchev–Trinajstić information content (AvgIpc) is 2.95. The van der Waals surface area contributed by atoms with Gasteiger partial charge in [-0.2, -0.15) is 0 Å². The second-order valence-electron chi connectivity index (χ2n) is 5.65. The van der Waals surface area contributed by atoms with Crippen LogP contribution in [0, 0.1) is 18.6 Å². The van der Waals surface area contributed by atoms with Crippen LogP contribution in [-0.2, 0) is 0 Å². The van der Waals surface area contributed by atoms with Crippen molar-refractivity contribution in [2.45, 2.75) is 38.7 Å². The first-order valence-electron chi connectivity index (χ1n) is 7.36. The molecule has 0 aliphatic heterocycles. The van der Waals surface area contributed by atoms with Crippen molar-refractivity contribution in [3.63, 3.8) is 0 Å². The van der Waals surface area contributed by atoms with Crippen molar-refractivity contribution in [3.05, 3.63) is 53.6 Å². The van der Waals surface area contributed by atoms with Crippen molar-refractivity contribution in [2.24, 2.45) is 0 Å². The molecule has 21 heavy (non-hydrogen) atoms. The number of rotatable bonds is 3. The van der Waals surface area contributed by atoms with Crippen molar-refractivity contribution < 1.29 is 13.5 Å². The van der Waals surface area contributed by atoms with Gasteiger partial charge < -0.3 is 4.74 Å². The zero-order valence-electron chi connectivity index (χ0n) is 12.0. The highest BCUT2D eigenvalue weighted by Gasteiger charge is 2.19. The Kier molecular flexibility index (Phi) is 3.91. The predicted octanol–water partition coefficient (Wildman–Crippen LogP) is 5.26.